The Balaban J connectivity index is 3.12. The number of alkyl halides is 5. The zero-order valence-corrected chi connectivity index (χ0v) is 11.9. The quantitative estimate of drug-likeness (QED) is 0.731. The van der Waals surface area contributed by atoms with Gasteiger partial charge in [-0.05, 0) is 0 Å². The van der Waals surface area contributed by atoms with Crippen LogP contribution in [0.1, 0.15) is 6.92 Å². The van der Waals surface area contributed by atoms with Gasteiger partial charge in [-0.1, -0.05) is 6.92 Å². The molecule has 0 aromatic heterocycles. The standard InChI is InChI=1S/C9H12F5NO3S2/c1-2-20(17,18)6-5-19-4-3-15(6)7(16)8(10,11)9(12,13)14/h6H,2-5H2,1H3. The molecule has 1 rings (SSSR count). The SMILES string of the molecule is CCS(=O)(=O)C1CSCCN1C(=O)C(F)(F)C(F)(F)F. The summed E-state index contributed by atoms with van der Waals surface area (Å²) in [6, 6.07) is 0. The normalized spacial score (nSPS) is 21.9. The lowest BCUT2D eigenvalue weighted by Crippen LogP contribution is -2.59. The smallest absolute Gasteiger partial charge is 0.318 e. The molecule has 4 nitrogen and oxygen atoms in total. The third-order valence-corrected chi connectivity index (χ3v) is 6.08. The van der Waals surface area contributed by atoms with E-state index in [4.69, 9.17) is 0 Å². The Morgan fingerprint density at radius 3 is 2.30 bits per heavy atom. The number of nitrogens with zero attached hydrogens (tertiary/aromatic N) is 1. The van der Waals surface area contributed by atoms with Gasteiger partial charge in [0.25, 0.3) is 0 Å². The number of halogens is 5. The number of sulfone groups is 1. The lowest BCUT2D eigenvalue weighted by atomic mass is 10.2. The van der Waals surface area contributed by atoms with Crippen LogP contribution in [0.2, 0.25) is 0 Å². The second-order valence-corrected chi connectivity index (χ2v) is 7.65. The van der Waals surface area contributed by atoms with Gasteiger partial charge in [-0.15, -0.1) is 0 Å². The average Bonchev–Trinajstić information content (AvgIpc) is 2.36. The number of carbonyl (C=O) groups excluding carboxylic acids is 1. The Bertz CT molecular complexity index is 476. The summed E-state index contributed by atoms with van der Waals surface area (Å²) in [4.78, 5) is 11.5. The molecule has 1 aliphatic rings. The van der Waals surface area contributed by atoms with Gasteiger partial charge in [0.15, 0.2) is 9.84 Å². The molecule has 1 heterocycles. The molecule has 118 valence electrons. The summed E-state index contributed by atoms with van der Waals surface area (Å²) >= 11 is 1.09. The first-order chi connectivity index (χ1) is 8.95. The fraction of sp³-hybridized carbons (Fsp3) is 0.889. The molecule has 20 heavy (non-hydrogen) atoms. The van der Waals surface area contributed by atoms with Crippen LogP contribution in [0, 0.1) is 0 Å². The van der Waals surface area contributed by atoms with Crippen molar-refractivity contribution in [2.24, 2.45) is 0 Å². The van der Waals surface area contributed by atoms with Gasteiger partial charge in [0.05, 0.1) is 0 Å². The van der Waals surface area contributed by atoms with Crippen LogP contribution in [0.4, 0.5) is 22.0 Å². The van der Waals surface area contributed by atoms with E-state index in [2.05, 4.69) is 0 Å². The highest BCUT2D eigenvalue weighted by atomic mass is 32.2. The first-order valence-electron chi connectivity index (χ1n) is 5.50. The number of rotatable bonds is 3. The third-order valence-electron chi connectivity index (χ3n) is 2.79. The second kappa shape index (κ2) is 5.66. The Morgan fingerprint density at radius 1 is 1.30 bits per heavy atom. The molecule has 0 aromatic carbocycles. The largest absolute Gasteiger partial charge is 0.463 e. The Labute approximate surface area is 116 Å². The minimum absolute atomic E-state index is 0.107. The fourth-order valence-corrected chi connectivity index (χ4v) is 4.57. The van der Waals surface area contributed by atoms with E-state index in [0.717, 1.165) is 11.8 Å². The molecule has 1 amide bonds. The summed E-state index contributed by atoms with van der Waals surface area (Å²) in [6.45, 7) is 0.776. The number of thioether (sulfide) groups is 1. The maximum atomic E-state index is 13.1. The van der Waals surface area contributed by atoms with Crippen LogP contribution in [-0.4, -0.2) is 60.5 Å². The van der Waals surface area contributed by atoms with E-state index < -0.39 is 45.5 Å². The number of amides is 1. The molecule has 1 atom stereocenters. The van der Waals surface area contributed by atoms with E-state index in [9.17, 15) is 35.2 Å². The van der Waals surface area contributed by atoms with Crippen LogP contribution >= 0.6 is 11.8 Å². The van der Waals surface area contributed by atoms with E-state index >= 15 is 0 Å². The van der Waals surface area contributed by atoms with Crippen molar-refractivity contribution in [1.82, 2.24) is 4.90 Å². The minimum atomic E-state index is -6.05. The monoisotopic (exact) mass is 341 g/mol. The molecule has 1 aliphatic heterocycles. The molecular formula is C9H12F5NO3S2. The highest BCUT2D eigenvalue weighted by Crippen LogP contribution is 2.38. The lowest BCUT2D eigenvalue weighted by molar-refractivity contribution is -0.274. The summed E-state index contributed by atoms with van der Waals surface area (Å²) in [5.74, 6) is -8.64. The molecule has 0 spiro atoms. The van der Waals surface area contributed by atoms with Crippen LogP contribution in [-0.2, 0) is 14.6 Å². The molecule has 0 radical (unpaired) electrons. The summed E-state index contributed by atoms with van der Waals surface area (Å²) in [5.41, 5.74) is 0. The zero-order chi connectivity index (χ0) is 15.8. The van der Waals surface area contributed by atoms with Gasteiger partial charge >= 0.3 is 18.0 Å². The van der Waals surface area contributed by atoms with E-state index in [-0.39, 0.29) is 16.4 Å². The summed E-state index contributed by atoms with van der Waals surface area (Å²) in [7, 11) is -3.94. The highest BCUT2D eigenvalue weighted by Gasteiger charge is 2.65. The van der Waals surface area contributed by atoms with Gasteiger partial charge in [-0.3, -0.25) is 4.79 Å². The van der Waals surface area contributed by atoms with E-state index in [1.165, 1.54) is 6.92 Å². The van der Waals surface area contributed by atoms with Crippen LogP contribution in [0.15, 0.2) is 0 Å². The van der Waals surface area contributed by atoms with Gasteiger partial charge in [0.1, 0.15) is 5.37 Å². The minimum Gasteiger partial charge on any atom is -0.318 e. The van der Waals surface area contributed by atoms with E-state index in [0.29, 0.717) is 0 Å². The maximum absolute atomic E-state index is 13.1. The van der Waals surface area contributed by atoms with Crippen LogP contribution in [0.25, 0.3) is 0 Å². The predicted octanol–water partition coefficient (Wildman–Crippen LogP) is 1.52. The number of hydrogen-bond donors (Lipinski definition) is 0. The van der Waals surface area contributed by atoms with Gasteiger partial charge < -0.3 is 4.90 Å². The maximum Gasteiger partial charge on any atom is 0.463 e. The van der Waals surface area contributed by atoms with Crippen LogP contribution < -0.4 is 0 Å². The topological polar surface area (TPSA) is 54.5 Å². The van der Waals surface area contributed by atoms with Crippen LogP contribution in [0.3, 0.4) is 0 Å². The summed E-state index contributed by atoms with van der Waals surface area (Å²) in [5, 5.41) is -1.65. The third kappa shape index (κ3) is 3.18. The van der Waals surface area contributed by atoms with E-state index in [1.54, 1.807) is 0 Å². The van der Waals surface area contributed by atoms with Gasteiger partial charge in [0.2, 0.25) is 0 Å². The van der Waals surface area contributed by atoms with Gasteiger partial charge in [-0.25, -0.2) is 8.42 Å². The van der Waals surface area contributed by atoms with E-state index in [1.807, 2.05) is 0 Å². The Morgan fingerprint density at radius 2 is 1.85 bits per heavy atom. The van der Waals surface area contributed by atoms with Crippen molar-refractivity contribution in [2.45, 2.75) is 24.4 Å². The molecule has 1 unspecified atom stereocenters. The number of carbonyl (C=O) groups is 1. The molecule has 0 aromatic rings. The zero-order valence-electron chi connectivity index (χ0n) is 10.3. The summed E-state index contributed by atoms with van der Waals surface area (Å²) < 4.78 is 86.1. The van der Waals surface area contributed by atoms with Gasteiger partial charge in [0, 0.05) is 23.8 Å². The second-order valence-electron chi connectivity index (χ2n) is 4.05. The van der Waals surface area contributed by atoms with Crippen molar-refractivity contribution in [3.8, 4) is 0 Å². The molecule has 11 heteroatoms. The average molecular weight is 341 g/mol. The first kappa shape index (κ1) is 17.5. The first-order valence-corrected chi connectivity index (χ1v) is 8.37. The fourth-order valence-electron chi connectivity index (χ4n) is 1.60. The van der Waals surface area contributed by atoms with Crippen molar-refractivity contribution in [1.29, 1.82) is 0 Å². The van der Waals surface area contributed by atoms with Crippen molar-refractivity contribution < 1.29 is 35.2 Å². The molecule has 1 saturated heterocycles. The molecule has 0 aliphatic carbocycles. The van der Waals surface area contributed by atoms with Crippen molar-refractivity contribution in [2.75, 3.05) is 23.8 Å². The molecule has 0 saturated carbocycles. The molecule has 1 fully saturated rings. The molecule has 0 N–H and O–H groups in total. The Kier molecular flexibility index (Phi) is 4.95. The van der Waals surface area contributed by atoms with Crippen molar-refractivity contribution in [3.63, 3.8) is 0 Å². The molecular weight excluding hydrogens is 329 g/mol. The van der Waals surface area contributed by atoms with Crippen LogP contribution in [0.5, 0.6) is 0 Å². The predicted molar refractivity (Wildman–Crippen MR) is 63.3 cm³/mol. The van der Waals surface area contributed by atoms with Crippen molar-refractivity contribution >= 4 is 27.5 Å². The lowest BCUT2D eigenvalue weighted by Gasteiger charge is -2.36. The van der Waals surface area contributed by atoms with Crippen molar-refractivity contribution in [3.05, 3.63) is 0 Å². The van der Waals surface area contributed by atoms with Gasteiger partial charge in [-0.2, -0.15) is 33.7 Å². The Hall–Kier alpha value is -0.580. The highest BCUT2D eigenvalue weighted by molar-refractivity contribution is 8.01. The summed E-state index contributed by atoms with van der Waals surface area (Å²) in [6.07, 6.45) is -6.05. The molecule has 0 bridgehead atoms. The number of hydrogen-bond acceptors (Lipinski definition) is 4.